The number of nitrogens with one attached hydrogen (secondary N) is 1. The number of ether oxygens (including phenoxy) is 4. The van der Waals surface area contributed by atoms with Crippen molar-refractivity contribution >= 4 is 16.6 Å². The van der Waals surface area contributed by atoms with Crippen LogP contribution in [0.4, 0.5) is 5.69 Å². The zero-order valence-corrected chi connectivity index (χ0v) is 15.5. The second-order valence-electron chi connectivity index (χ2n) is 6.80. The summed E-state index contributed by atoms with van der Waals surface area (Å²) in [4.78, 5) is 12.8. The predicted molar refractivity (Wildman–Crippen MR) is 105 cm³/mol. The molecule has 5 rings (SSSR count). The van der Waals surface area contributed by atoms with Gasteiger partial charge in [-0.25, -0.2) is 0 Å². The molecule has 0 bridgehead atoms. The van der Waals surface area contributed by atoms with Crippen molar-refractivity contribution in [2.75, 3.05) is 31.7 Å². The van der Waals surface area contributed by atoms with Crippen molar-refractivity contribution in [1.82, 2.24) is 4.57 Å². The Hall–Kier alpha value is -3.35. The Morgan fingerprint density at radius 2 is 1.50 bits per heavy atom. The first-order chi connectivity index (χ1) is 13.7. The maximum Gasteiger partial charge on any atom is 0.255 e. The lowest BCUT2D eigenvalue weighted by Crippen LogP contribution is -2.23. The molecular formula is C21H20N2O5. The van der Waals surface area contributed by atoms with Crippen LogP contribution in [-0.4, -0.2) is 31.0 Å². The number of aryl methyl sites for hydroxylation is 1. The number of hydrogen-bond donors (Lipinski definition) is 1. The summed E-state index contributed by atoms with van der Waals surface area (Å²) in [7, 11) is 1.77. The summed E-state index contributed by atoms with van der Waals surface area (Å²) in [5, 5.41) is 4.24. The van der Waals surface area contributed by atoms with Crippen molar-refractivity contribution in [2.45, 2.75) is 6.54 Å². The Kier molecular flexibility index (Phi) is 4.00. The van der Waals surface area contributed by atoms with Gasteiger partial charge in [-0.3, -0.25) is 4.79 Å². The van der Waals surface area contributed by atoms with Crippen molar-refractivity contribution in [3.63, 3.8) is 0 Å². The smallest absolute Gasteiger partial charge is 0.255 e. The Bertz CT molecular complexity index is 1120. The average Bonchev–Trinajstić information content (AvgIpc) is 2.74. The number of nitrogens with zero attached hydrogens (tertiary/aromatic N) is 1. The van der Waals surface area contributed by atoms with Crippen LogP contribution in [0.2, 0.25) is 0 Å². The van der Waals surface area contributed by atoms with Crippen molar-refractivity contribution in [3.8, 4) is 23.0 Å². The maximum absolute atomic E-state index is 12.8. The van der Waals surface area contributed by atoms with E-state index in [0.717, 1.165) is 22.3 Å². The Labute approximate surface area is 161 Å². The molecule has 2 aliphatic rings. The van der Waals surface area contributed by atoms with Crippen molar-refractivity contribution in [2.24, 2.45) is 7.05 Å². The molecule has 7 heteroatoms. The summed E-state index contributed by atoms with van der Waals surface area (Å²) in [5.74, 6) is 2.84. The number of pyridine rings is 1. The molecule has 0 spiro atoms. The van der Waals surface area contributed by atoms with Crippen molar-refractivity contribution < 1.29 is 18.9 Å². The molecule has 2 aromatic carbocycles. The van der Waals surface area contributed by atoms with E-state index >= 15 is 0 Å². The standard InChI is InChI=1S/C21H20N2O5/c1-23-16-11-20-18(26-6-7-28-20)9-13(16)8-14(21(23)24)12-22-15-2-3-17-19(10-15)27-5-4-25-17/h2-3,8-11,22H,4-7,12H2,1H3. The second-order valence-corrected chi connectivity index (χ2v) is 6.80. The normalized spacial score (nSPS) is 14.8. The predicted octanol–water partition coefficient (Wildman–Crippen LogP) is 2.69. The van der Waals surface area contributed by atoms with Gasteiger partial charge in [-0.2, -0.15) is 0 Å². The van der Waals surface area contributed by atoms with Gasteiger partial charge in [0.1, 0.15) is 26.4 Å². The number of fused-ring (bicyclic) bond motifs is 3. The van der Waals surface area contributed by atoms with Gasteiger partial charge < -0.3 is 28.8 Å². The summed E-state index contributed by atoms with van der Waals surface area (Å²) in [5.41, 5.74) is 2.31. The Balaban J connectivity index is 1.45. The zero-order chi connectivity index (χ0) is 19.1. The molecule has 0 radical (unpaired) electrons. The van der Waals surface area contributed by atoms with Crippen LogP contribution in [-0.2, 0) is 13.6 Å². The third-order valence-electron chi connectivity index (χ3n) is 4.99. The molecule has 2 aliphatic heterocycles. The van der Waals surface area contributed by atoms with Gasteiger partial charge >= 0.3 is 0 Å². The van der Waals surface area contributed by atoms with E-state index in [-0.39, 0.29) is 5.56 Å². The van der Waals surface area contributed by atoms with Gasteiger partial charge in [0.05, 0.1) is 5.52 Å². The molecule has 7 nitrogen and oxygen atoms in total. The minimum Gasteiger partial charge on any atom is -0.486 e. The molecule has 0 aliphatic carbocycles. The summed E-state index contributed by atoms with van der Waals surface area (Å²) >= 11 is 0. The number of anilines is 1. The van der Waals surface area contributed by atoms with Crippen LogP contribution < -0.4 is 29.8 Å². The SMILES string of the molecule is Cn1c(=O)c(CNc2ccc3c(c2)OCCO3)cc2cc3c(cc21)OCCO3. The fourth-order valence-corrected chi connectivity index (χ4v) is 3.55. The largest absolute Gasteiger partial charge is 0.486 e. The van der Waals surface area contributed by atoms with Crippen LogP contribution in [0, 0.1) is 0 Å². The maximum atomic E-state index is 12.8. The Morgan fingerprint density at radius 1 is 0.857 bits per heavy atom. The summed E-state index contributed by atoms with van der Waals surface area (Å²) in [6, 6.07) is 11.4. The molecule has 1 N–H and O–H groups in total. The van der Waals surface area contributed by atoms with E-state index in [0.29, 0.717) is 55.8 Å². The third kappa shape index (κ3) is 2.89. The molecule has 3 aromatic rings. The van der Waals surface area contributed by atoms with Crippen LogP contribution >= 0.6 is 0 Å². The van der Waals surface area contributed by atoms with E-state index in [9.17, 15) is 4.79 Å². The van der Waals surface area contributed by atoms with Crippen LogP contribution in [0.1, 0.15) is 5.56 Å². The lowest BCUT2D eigenvalue weighted by atomic mass is 10.1. The van der Waals surface area contributed by atoms with E-state index in [4.69, 9.17) is 18.9 Å². The van der Waals surface area contributed by atoms with Gasteiger partial charge in [-0.15, -0.1) is 0 Å². The molecule has 1 aromatic heterocycles. The first-order valence-corrected chi connectivity index (χ1v) is 9.25. The highest BCUT2D eigenvalue weighted by molar-refractivity contribution is 5.84. The minimum atomic E-state index is -0.0470. The van der Waals surface area contributed by atoms with Crippen LogP contribution in [0.25, 0.3) is 10.9 Å². The number of aromatic nitrogens is 1. The highest BCUT2D eigenvalue weighted by atomic mass is 16.6. The second kappa shape index (κ2) is 6.67. The molecule has 0 saturated heterocycles. The van der Waals surface area contributed by atoms with Gasteiger partial charge in [0.2, 0.25) is 0 Å². The van der Waals surface area contributed by atoms with Crippen LogP contribution in [0.5, 0.6) is 23.0 Å². The van der Waals surface area contributed by atoms with Gasteiger partial charge in [-0.1, -0.05) is 0 Å². The highest BCUT2D eigenvalue weighted by Gasteiger charge is 2.16. The molecule has 0 unspecified atom stereocenters. The summed E-state index contributed by atoms with van der Waals surface area (Å²) < 4.78 is 24.1. The number of hydrogen-bond acceptors (Lipinski definition) is 6. The third-order valence-corrected chi connectivity index (χ3v) is 4.99. The summed E-state index contributed by atoms with van der Waals surface area (Å²) in [6.07, 6.45) is 0. The number of benzene rings is 2. The topological polar surface area (TPSA) is 71.0 Å². The van der Waals surface area contributed by atoms with E-state index in [1.165, 1.54) is 0 Å². The fraction of sp³-hybridized carbons (Fsp3) is 0.286. The van der Waals surface area contributed by atoms with E-state index in [2.05, 4.69) is 5.32 Å². The molecule has 0 saturated carbocycles. The molecule has 144 valence electrons. The van der Waals surface area contributed by atoms with Crippen molar-refractivity contribution in [1.29, 1.82) is 0 Å². The lowest BCUT2D eigenvalue weighted by molar-refractivity contribution is 0.171. The zero-order valence-electron chi connectivity index (χ0n) is 15.5. The van der Waals surface area contributed by atoms with E-state index in [1.54, 1.807) is 11.6 Å². The monoisotopic (exact) mass is 380 g/mol. The lowest BCUT2D eigenvalue weighted by Gasteiger charge is -2.20. The number of rotatable bonds is 3. The highest BCUT2D eigenvalue weighted by Crippen LogP contribution is 2.35. The quantitative estimate of drug-likeness (QED) is 0.753. The van der Waals surface area contributed by atoms with E-state index in [1.807, 2.05) is 36.4 Å². The van der Waals surface area contributed by atoms with Crippen LogP contribution in [0.3, 0.4) is 0 Å². The molecule has 3 heterocycles. The Morgan fingerprint density at radius 3 is 2.25 bits per heavy atom. The van der Waals surface area contributed by atoms with Gasteiger partial charge in [-0.05, 0) is 24.3 Å². The summed E-state index contributed by atoms with van der Waals surface area (Å²) in [6.45, 7) is 2.55. The van der Waals surface area contributed by atoms with E-state index < -0.39 is 0 Å². The first-order valence-electron chi connectivity index (χ1n) is 9.25. The van der Waals surface area contributed by atoms with Gasteiger partial charge in [0.25, 0.3) is 5.56 Å². The van der Waals surface area contributed by atoms with Crippen LogP contribution in [0.15, 0.2) is 41.2 Å². The van der Waals surface area contributed by atoms with Gasteiger partial charge in [0, 0.05) is 42.4 Å². The minimum absolute atomic E-state index is 0.0470. The molecule has 0 amide bonds. The molecule has 0 fully saturated rings. The molecule has 0 atom stereocenters. The fourth-order valence-electron chi connectivity index (χ4n) is 3.55. The average molecular weight is 380 g/mol. The molecule has 28 heavy (non-hydrogen) atoms. The molecular weight excluding hydrogens is 360 g/mol. The van der Waals surface area contributed by atoms with Crippen molar-refractivity contribution in [3.05, 3.63) is 52.3 Å². The first kappa shape index (κ1) is 16.8. The van der Waals surface area contributed by atoms with Gasteiger partial charge in [0.15, 0.2) is 23.0 Å².